The monoisotopic (exact) mass is 297 g/mol. The van der Waals surface area contributed by atoms with Crippen LogP contribution in [0.2, 0.25) is 5.15 Å². The lowest BCUT2D eigenvalue weighted by molar-refractivity contribution is 0.156. The second-order valence-corrected chi connectivity index (χ2v) is 5.62. The van der Waals surface area contributed by atoms with E-state index in [1.54, 1.807) is 6.07 Å². The van der Waals surface area contributed by atoms with Gasteiger partial charge in [-0.25, -0.2) is 9.78 Å². The molecule has 0 radical (unpaired) electrons. The number of hydrogen-bond acceptors (Lipinski definition) is 3. The number of pyridine rings is 1. The second-order valence-electron chi connectivity index (χ2n) is 5.26. The number of anilines is 1. The molecule has 1 aliphatic rings. The number of carbonyl (C=O) groups is 1. The van der Waals surface area contributed by atoms with Crippen LogP contribution in [0, 0.1) is 12.8 Å². The number of aromatic nitrogens is 1. The third kappa shape index (κ3) is 3.84. The quantitative estimate of drug-likeness (QED) is 0.751. The van der Waals surface area contributed by atoms with Crippen LogP contribution < -0.4 is 10.6 Å². The molecule has 5 nitrogen and oxygen atoms in total. The Morgan fingerprint density at radius 2 is 2.25 bits per heavy atom. The Balaban J connectivity index is 1.92. The summed E-state index contributed by atoms with van der Waals surface area (Å²) in [6.07, 6.45) is 5.60. The first kappa shape index (κ1) is 15.1. The van der Waals surface area contributed by atoms with Crippen molar-refractivity contribution in [3.8, 4) is 0 Å². The summed E-state index contributed by atoms with van der Waals surface area (Å²) in [6.45, 7) is 1.95. The van der Waals surface area contributed by atoms with Crippen LogP contribution in [0.15, 0.2) is 12.3 Å². The maximum absolute atomic E-state index is 12.0. The largest absolute Gasteiger partial charge is 0.396 e. The molecule has 2 amide bonds. The molecule has 0 aromatic carbocycles. The summed E-state index contributed by atoms with van der Waals surface area (Å²) in [5, 5.41) is 15.4. The number of hydrogen-bond donors (Lipinski definition) is 3. The van der Waals surface area contributed by atoms with Crippen molar-refractivity contribution in [1.82, 2.24) is 10.3 Å². The van der Waals surface area contributed by atoms with E-state index in [9.17, 15) is 9.90 Å². The minimum Gasteiger partial charge on any atom is -0.396 e. The summed E-state index contributed by atoms with van der Waals surface area (Å²) >= 11 is 5.84. The van der Waals surface area contributed by atoms with Crippen molar-refractivity contribution in [2.45, 2.75) is 38.6 Å². The minimum atomic E-state index is -0.265. The van der Waals surface area contributed by atoms with E-state index in [1.165, 1.54) is 6.20 Å². The van der Waals surface area contributed by atoms with Gasteiger partial charge in [0.1, 0.15) is 5.15 Å². The van der Waals surface area contributed by atoms with Gasteiger partial charge in [0, 0.05) is 18.6 Å². The maximum atomic E-state index is 12.0. The lowest BCUT2D eigenvalue weighted by Gasteiger charge is -2.30. The Labute approximate surface area is 123 Å². The van der Waals surface area contributed by atoms with Gasteiger partial charge in [-0.05, 0) is 31.4 Å². The Morgan fingerprint density at radius 3 is 2.95 bits per heavy atom. The van der Waals surface area contributed by atoms with Gasteiger partial charge in [-0.1, -0.05) is 24.4 Å². The molecule has 2 unspecified atom stereocenters. The molecule has 3 N–H and O–H groups in total. The molecule has 0 spiro atoms. The number of aliphatic hydroxyl groups excluding tert-OH is 1. The first-order valence-corrected chi connectivity index (χ1v) is 7.28. The van der Waals surface area contributed by atoms with Gasteiger partial charge in [0.05, 0.1) is 11.9 Å². The normalized spacial score (nSPS) is 22.4. The van der Waals surface area contributed by atoms with Gasteiger partial charge in [0.15, 0.2) is 0 Å². The lowest BCUT2D eigenvalue weighted by Crippen LogP contribution is -2.45. The highest BCUT2D eigenvalue weighted by Crippen LogP contribution is 2.24. The Bertz CT molecular complexity index is 481. The Kier molecular flexibility index (Phi) is 5.20. The Morgan fingerprint density at radius 1 is 1.50 bits per heavy atom. The fourth-order valence-electron chi connectivity index (χ4n) is 2.58. The molecule has 6 heteroatoms. The van der Waals surface area contributed by atoms with Gasteiger partial charge in [0.2, 0.25) is 0 Å². The van der Waals surface area contributed by atoms with Crippen LogP contribution in [-0.2, 0) is 0 Å². The molecule has 1 aromatic heterocycles. The van der Waals surface area contributed by atoms with Crippen LogP contribution in [0.1, 0.15) is 31.2 Å². The molecule has 110 valence electrons. The van der Waals surface area contributed by atoms with Crippen molar-refractivity contribution in [1.29, 1.82) is 0 Å². The summed E-state index contributed by atoms with van der Waals surface area (Å²) < 4.78 is 0. The van der Waals surface area contributed by atoms with Crippen LogP contribution in [0.5, 0.6) is 0 Å². The number of rotatable bonds is 3. The van der Waals surface area contributed by atoms with Gasteiger partial charge < -0.3 is 15.7 Å². The van der Waals surface area contributed by atoms with Gasteiger partial charge in [-0.15, -0.1) is 0 Å². The van der Waals surface area contributed by atoms with Crippen molar-refractivity contribution in [3.63, 3.8) is 0 Å². The minimum absolute atomic E-state index is 0.0371. The van der Waals surface area contributed by atoms with Crippen LogP contribution in [0.25, 0.3) is 0 Å². The average Bonchev–Trinajstić information content (AvgIpc) is 2.43. The van der Waals surface area contributed by atoms with E-state index < -0.39 is 0 Å². The molecule has 20 heavy (non-hydrogen) atoms. The van der Waals surface area contributed by atoms with Gasteiger partial charge in [0.25, 0.3) is 0 Å². The van der Waals surface area contributed by atoms with E-state index in [1.807, 2.05) is 6.92 Å². The molecule has 1 aliphatic carbocycles. The van der Waals surface area contributed by atoms with Gasteiger partial charge >= 0.3 is 6.03 Å². The molecule has 1 saturated carbocycles. The predicted octanol–water partition coefficient (Wildman–Crippen LogP) is 2.72. The lowest BCUT2D eigenvalue weighted by atomic mass is 9.85. The first-order chi connectivity index (χ1) is 9.60. The molecule has 0 aliphatic heterocycles. The summed E-state index contributed by atoms with van der Waals surface area (Å²) in [5.41, 5.74) is 1.43. The van der Waals surface area contributed by atoms with E-state index in [0.717, 1.165) is 31.2 Å². The molecule has 0 bridgehead atoms. The average molecular weight is 298 g/mol. The number of urea groups is 1. The zero-order chi connectivity index (χ0) is 14.5. The Hall–Kier alpha value is -1.33. The summed E-state index contributed by atoms with van der Waals surface area (Å²) in [6, 6.07) is 1.55. The van der Waals surface area contributed by atoms with E-state index in [2.05, 4.69) is 15.6 Å². The van der Waals surface area contributed by atoms with E-state index in [-0.39, 0.29) is 24.6 Å². The number of nitrogens with zero attached hydrogens (tertiary/aromatic N) is 1. The first-order valence-electron chi connectivity index (χ1n) is 6.90. The number of halogens is 1. The van der Waals surface area contributed by atoms with Crippen LogP contribution in [0.4, 0.5) is 10.5 Å². The summed E-state index contributed by atoms with van der Waals surface area (Å²) in [4.78, 5) is 16.0. The topological polar surface area (TPSA) is 74.2 Å². The highest BCUT2D eigenvalue weighted by Gasteiger charge is 2.25. The standard InChI is InChI=1S/C14H20ClN3O2/c1-9-6-11(7-16-13(9)15)17-14(20)18-12-5-3-2-4-10(12)8-19/h6-7,10,12,19H,2-5,8H2,1H3,(H2,17,18,20). The van der Waals surface area contributed by atoms with E-state index >= 15 is 0 Å². The van der Waals surface area contributed by atoms with Gasteiger partial charge in [-0.2, -0.15) is 0 Å². The SMILES string of the molecule is Cc1cc(NC(=O)NC2CCCCC2CO)cnc1Cl. The summed E-state index contributed by atoms with van der Waals surface area (Å²) in [7, 11) is 0. The van der Waals surface area contributed by atoms with Gasteiger partial charge in [-0.3, -0.25) is 0 Å². The predicted molar refractivity (Wildman–Crippen MR) is 79.0 cm³/mol. The van der Waals surface area contributed by atoms with E-state index in [0.29, 0.717) is 10.8 Å². The van der Waals surface area contributed by atoms with Crippen LogP contribution >= 0.6 is 11.6 Å². The second kappa shape index (κ2) is 6.90. The fraction of sp³-hybridized carbons (Fsp3) is 0.571. The highest BCUT2D eigenvalue weighted by molar-refractivity contribution is 6.30. The van der Waals surface area contributed by atoms with Crippen molar-refractivity contribution in [3.05, 3.63) is 23.0 Å². The van der Waals surface area contributed by atoms with Crippen molar-refractivity contribution >= 4 is 23.3 Å². The smallest absolute Gasteiger partial charge is 0.319 e. The van der Waals surface area contributed by atoms with Crippen LogP contribution in [-0.4, -0.2) is 28.8 Å². The van der Waals surface area contributed by atoms with Crippen molar-refractivity contribution in [2.75, 3.05) is 11.9 Å². The molecule has 0 saturated heterocycles. The molecular weight excluding hydrogens is 278 g/mol. The van der Waals surface area contributed by atoms with Crippen LogP contribution in [0.3, 0.4) is 0 Å². The molecule has 1 fully saturated rings. The highest BCUT2D eigenvalue weighted by atomic mass is 35.5. The summed E-state index contributed by atoms with van der Waals surface area (Å²) in [5.74, 6) is 0.152. The maximum Gasteiger partial charge on any atom is 0.319 e. The number of aliphatic hydroxyl groups is 1. The third-order valence-electron chi connectivity index (χ3n) is 3.73. The third-order valence-corrected chi connectivity index (χ3v) is 4.13. The number of aryl methyl sites for hydroxylation is 1. The zero-order valence-corrected chi connectivity index (χ0v) is 12.3. The van der Waals surface area contributed by atoms with E-state index in [4.69, 9.17) is 11.6 Å². The molecular formula is C14H20ClN3O2. The number of amides is 2. The van der Waals surface area contributed by atoms with Crippen molar-refractivity contribution in [2.24, 2.45) is 5.92 Å². The molecule has 2 atom stereocenters. The fourth-order valence-corrected chi connectivity index (χ4v) is 2.68. The number of carbonyl (C=O) groups excluding carboxylic acids is 1. The van der Waals surface area contributed by atoms with Crippen molar-refractivity contribution < 1.29 is 9.90 Å². The zero-order valence-electron chi connectivity index (χ0n) is 11.5. The molecule has 1 heterocycles. The molecule has 1 aromatic rings. The number of nitrogens with one attached hydrogen (secondary N) is 2. The molecule has 2 rings (SSSR count).